The quantitative estimate of drug-likeness (QED) is 0.427. The number of aromatic amines is 1. The van der Waals surface area contributed by atoms with Crippen molar-refractivity contribution in [3.05, 3.63) is 55.7 Å². The molecule has 4 rings (SSSR count). The van der Waals surface area contributed by atoms with Crippen LogP contribution in [0.3, 0.4) is 0 Å². The molecule has 0 saturated carbocycles. The third kappa shape index (κ3) is 3.24. The minimum absolute atomic E-state index is 0.179. The highest BCUT2D eigenvalue weighted by Crippen LogP contribution is 2.27. The Bertz CT molecular complexity index is 1150. The van der Waals surface area contributed by atoms with Gasteiger partial charge in [0.15, 0.2) is 16.7 Å². The Morgan fingerprint density at radius 1 is 1.31 bits per heavy atom. The van der Waals surface area contributed by atoms with Crippen molar-refractivity contribution < 1.29 is 4.42 Å². The molecule has 0 aliphatic heterocycles. The van der Waals surface area contributed by atoms with Gasteiger partial charge in [0.25, 0.3) is 5.56 Å². The van der Waals surface area contributed by atoms with Crippen molar-refractivity contribution in [3.8, 4) is 11.6 Å². The summed E-state index contributed by atoms with van der Waals surface area (Å²) in [5, 5.41) is 9.57. The summed E-state index contributed by atoms with van der Waals surface area (Å²) in [7, 11) is 1.87. The number of fused-ring (bicyclic) bond motifs is 1. The molecule has 0 atom stereocenters. The number of rotatable bonds is 4. The first-order valence-corrected chi connectivity index (χ1v) is 10.0. The SMILES string of the molecule is Cn1c(SCc2nc3c(Br)cc(Br)cc3c(=O)[nH]2)nnc1-c1ccco1. The van der Waals surface area contributed by atoms with Crippen LogP contribution in [0.2, 0.25) is 0 Å². The van der Waals surface area contributed by atoms with Gasteiger partial charge in [0, 0.05) is 16.0 Å². The highest BCUT2D eigenvalue weighted by atomic mass is 79.9. The van der Waals surface area contributed by atoms with Crippen LogP contribution in [0.1, 0.15) is 5.82 Å². The molecule has 0 fully saturated rings. The smallest absolute Gasteiger partial charge is 0.258 e. The molecule has 1 N–H and O–H groups in total. The molecule has 7 nitrogen and oxygen atoms in total. The summed E-state index contributed by atoms with van der Waals surface area (Å²) in [5.41, 5.74) is 0.448. The summed E-state index contributed by atoms with van der Waals surface area (Å²) in [4.78, 5) is 19.7. The van der Waals surface area contributed by atoms with E-state index in [0.717, 1.165) is 8.95 Å². The zero-order valence-corrected chi connectivity index (χ0v) is 17.4. The fourth-order valence-electron chi connectivity index (χ4n) is 2.48. The molecule has 0 saturated heterocycles. The first kappa shape index (κ1) is 17.5. The molecule has 0 radical (unpaired) electrons. The minimum atomic E-state index is -0.179. The number of thioether (sulfide) groups is 1. The summed E-state index contributed by atoms with van der Waals surface area (Å²) < 4.78 is 8.78. The van der Waals surface area contributed by atoms with Crippen LogP contribution in [-0.2, 0) is 12.8 Å². The third-order valence-electron chi connectivity index (χ3n) is 3.69. The van der Waals surface area contributed by atoms with Gasteiger partial charge < -0.3 is 14.0 Å². The predicted octanol–water partition coefficient (Wildman–Crippen LogP) is 4.13. The van der Waals surface area contributed by atoms with Gasteiger partial charge in [-0.05, 0) is 40.2 Å². The Kier molecular flexibility index (Phi) is 4.72. The lowest BCUT2D eigenvalue weighted by Crippen LogP contribution is -2.11. The highest BCUT2D eigenvalue weighted by Gasteiger charge is 2.14. The third-order valence-corrected chi connectivity index (χ3v) is 5.79. The molecule has 132 valence electrons. The van der Waals surface area contributed by atoms with E-state index in [2.05, 4.69) is 52.0 Å². The number of nitrogens with one attached hydrogen (secondary N) is 1. The number of hydrogen-bond donors (Lipinski definition) is 1. The maximum Gasteiger partial charge on any atom is 0.258 e. The van der Waals surface area contributed by atoms with Crippen LogP contribution in [0.4, 0.5) is 0 Å². The number of halogens is 2. The van der Waals surface area contributed by atoms with Crippen LogP contribution in [0.5, 0.6) is 0 Å². The average Bonchev–Trinajstić information content (AvgIpc) is 3.24. The Hall–Kier alpha value is -1.91. The van der Waals surface area contributed by atoms with Crippen LogP contribution in [0.15, 0.2) is 53.8 Å². The minimum Gasteiger partial charge on any atom is -0.461 e. The van der Waals surface area contributed by atoms with Crippen molar-refractivity contribution >= 4 is 54.5 Å². The van der Waals surface area contributed by atoms with Crippen LogP contribution in [0, 0.1) is 0 Å². The van der Waals surface area contributed by atoms with Crippen molar-refractivity contribution in [2.45, 2.75) is 10.9 Å². The largest absolute Gasteiger partial charge is 0.461 e. The fourth-order valence-corrected chi connectivity index (χ4v) is 4.57. The summed E-state index contributed by atoms with van der Waals surface area (Å²) >= 11 is 8.28. The summed E-state index contributed by atoms with van der Waals surface area (Å²) in [6, 6.07) is 7.25. The summed E-state index contributed by atoms with van der Waals surface area (Å²) in [5.74, 6) is 2.32. The van der Waals surface area contributed by atoms with E-state index in [9.17, 15) is 4.79 Å². The predicted molar refractivity (Wildman–Crippen MR) is 106 cm³/mol. The average molecular weight is 497 g/mol. The molecule has 26 heavy (non-hydrogen) atoms. The Labute approximate surface area is 168 Å². The summed E-state index contributed by atoms with van der Waals surface area (Å²) in [6.45, 7) is 0. The van der Waals surface area contributed by atoms with Crippen LogP contribution < -0.4 is 5.56 Å². The Morgan fingerprint density at radius 3 is 2.92 bits per heavy atom. The molecule has 4 aromatic rings. The molecule has 10 heteroatoms. The lowest BCUT2D eigenvalue weighted by molar-refractivity contribution is 0.572. The van der Waals surface area contributed by atoms with Crippen molar-refractivity contribution in [1.29, 1.82) is 0 Å². The van der Waals surface area contributed by atoms with Crippen molar-refractivity contribution in [3.63, 3.8) is 0 Å². The van der Waals surface area contributed by atoms with Crippen LogP contribution in [-0.4, -0.2) is 24.7 Å². The van der Waals surface area contributed by atoms with Gasteiger partial charge in [-0.15, -0.1) is 10.2 Å². The molecular formula is C16H11Br2N5O2S. The van der Waals surface area contributed by atoms with Crippen LogP contribution >= 0.6 is 43.6 Å². The van der Waals surface area contributed by atoms with E-state index in [1.165, 1.54) is 11.8 Å². The maximum atomic E-state index is 12.3. The second kappa shape index (κ2) is 7.01. The number of nitrogens with zero attached hydrogens (tertiary/aromatic N) is 4. The van der Waals surface area contributed by atoms with Crippen molar-refractivity contribution in [1.82, 2.24) is 24.7 Å². The molecule has 0 amide bonds. The second-order valence-electron chi connectivity index (χ2n) is 5.43. The molecule has 1 aromatic carbocycles. The summed E-state index contributed by atoms with van der Waals surface area (Å²) in [6.07, 6.45) is 1.59. The van der Waals surface area contributed by atoms with E-state index in [0.29, 0.717) is 39.2 Å². The van der Waals surface area contributed by atoms with Gasteiger partial charge in [-0.1, -0.05) is 27.7 Å². The zero-order valence-electron chi connectivity index (χ0n) is 13.4. The van der Waals surface area contributed by atoms with E-state index >= 15 is 0 Å². The number of H-pyrrole nitrogens is 1. The van der Waals surface area contributed by atoms with E-state index < -0.39 is 0 Å². The molecule has 0 aliphatic carbocycles. The normalized spacial score (nSPS) is 11.3. The lowest BCUT2D eigenvalue weighted by atomic mass is 10.2. The van der Waals surface area contributed by atoms with Gasteiger partial charge in [-0.3, -0.25) is 4.79 Å². The van der Waals surface area contributed by atoms with Crippen molar-refractivity contribution in [2.75, 3.05) is 0 Å². The van der Waals surface area contributed by atoms with E-state index in [1.54, 1.807) is 18.4 Å². The van der Waals surface area contributed by atoms with Gasteiger partial charge in [0.1, 0.15) is 5.82 Å². The van der Waals surface area contributed by atoms with Crippen molar-refractivity contribution in [2.24, 2.45) is 7.05 Å². The highest BCUT2D eigenvalue weighted by molar-refractivity contribution is 9.11. The van der Waals surface area contributed by atoms with E-state index in [1.807, 2.05) is 23.7 Å². The first-order valence-electron chi connectivity index (χ1n) is 7.47. The molecule has 3 heterocycles. The molecule has 0 unspecified atom stereocenters. The van der Waals surface area contributed by atoms with Gasteiger partial charge in [0.2, 0.25) is 0 Å². The first-order chi connectivity index (χ1) is 12.5. The van der Waals surface area contributed by atoms with Gasteiger partial charge in [-0.2, -0.15) is 0 Å². The maximum absolute atomic E-state index is 12.3. The Balaban J connectivity index is 1.62. The Morgan fingerprint density at radius 2 is 2.15 bits per heavy atom. The number of aromatic nitrogens is 5. The number of furan rings is 1. The van der Waals surface area contributed by atoms with Crippen LogP contribution in [0.25, 0.3) is 22.5 Å². The molecule has 0 aliphatic rings. The topological polar surface area (TPSA) is 89.6 Å². The van der Waals surface area contributed by atoms with E-state index in [4.69, 9.17) is 4.42 Å². The van der Waals surface area contributed by atoms with Gasteiger partial charge in [-0.25, -0.2) is 4.98 Å². The van der Waals surface area contributed by atoms with Gasteiger partial charge in [0.05, 0.1) is 22.9 Å². The molecular weight excluding hydrogens is 486 g/mol. The van der Waals surface area contributed by atoms with E-state index in [-0.39, 0.29) is 5.56 Å². The molecule has 0 spiro atoms. The molecule has 3 aromatic heterocycles. The van der Waals surface area contributed by atoms with Gasteiger partial charge >= 0.3 is 0 Å². The fraction of sp³-hybridized carbons (Fsp3) is 0.125. The number of benzene rings is 1. The molecule has 0 bridgehead atoms. The zero-order chi connectivity index (χ0) is 18.3. The second-order valence-corrected chi connectivity index (χ2v) is 8.14. The monoisotopic (exact) mass is 495 g/mol. The lowest BCUT2D eigenvalue weighted by Gasteiger charge is -2.05. The standard InChI is InChI=1S/C16H11Br2N5O2S/c1-23-14(11-3-2-4-25-11)21-22-16(23)26-7-12-19-13-9(15(24)20-12)5-8(17)6-10(13)18/h2-6H,7H2,1H3,(H,19,20,24). The number of hydrogen-bond acceptors (Lipinski definition) is 6.